The molecule has 2 rings (SSSR count). The van der Waals surface area contributed by atoms with Crippen molar-refractivity contribution in [1.82, 2.24) is 4.98 Å². The van der Waals surface area contributed by atoms with Crippen molar-refractivity contribution < 1.29 is 9.84 Å². The quantitative estimate of drug-likeness (QED) is 0.871. The number of benzene rings is 1. The third-order valence-electron chi connectivity index (χ3n) is 2.55. The molecular formula is C13H16N2O2S. The number of methoxy groups -OCH3 is 1. The number of aromatic hydroxyl groups is 1. The maximum Gasteiger partial charge on any atom is 0.160 e. The van der Waals surface area contributed by atoms with E-state index in [1.807, 2.05) is 12.3 Å². The lowest BCUT2D eigenvalue weighted by Crippen LogP contribution is -1.97. The molecule has 2 aromatic rings. The van der Waals surface area contributed by atoms with Gasteiger partial charge in [-0.1, -0.05) is 6.92 Å². The maximum atomic E-state index is 9.66. The molecule has 0 aliphatic carbocycles. The monoisotopic (exact) mass is 264 g/mol. The Labute approximate surface area is 110 Å². The molecule has 1 heterocycles. The molecule has 5 heteroatoms. The number of hydrogen-bond acceptors (Lipinski definition) is 5. The lowest BCUT2D eigenvalue weighted by atomic mass is 10.2. The summed E-state index contributed by atoms with van der Waals surface area (Å²) in [5.41, 5.74) is 0.861. The Morgan fingerprint density at radius 3 is 2.89 bits per heavy atom. The predicted molar refractivity (Wildman–Crippen MR) is 73.5 cm³/mol. The minimum atomic E-state index is 0.140. The average Bonchev–Trinajstić information content (AvgIpc) is 2.84. The molecule has 0 fully saturated rings. The van der Waals surface area contributed by atoms with Crippen molar-refractivity contribution in [2.75, 3.05) is 12.4 Å². The van der Waals surface area contributed by atoms with Gasteiger partial charge in [0.25, 0.3) is 0 Å². The van der Waals surface area contributed by atoms with E-state index >= 15 is 0 Å². The van der Waals surface area contributed by atoms with E-state index < -0.39 is 0 Å². The molecule has 0 bridgehead atoms. The van der Waals surface area contributed by atoms with E-state index in [1.54, 1.807) is 23.5 Å². The van der Waals surface area contributed by atoms with Gasteiger partial charge >= 0.3 is 0 Å². The largest absolute Gasteiger partial charge is 0.504 e. The van der Waals surface area contributed by atoms with Crippen LogP contribution in [0.25, 0.3) is 0 Å². The van der Waals surface area contributed by atoms with Gasteiger partial charge in [-0.3, -0.25) is 0 Å². The molecule has 0 saturated heterocycles. The van der Waals surface area contributed by atoms with E-state index in [9.17, 15) is 5.11 Å². The van der Waals surface area contributed by atoms with Crippen molar-refractivity contribution in [1.29, 1.82) is 0 Å². The van der Waals surface area contributed by atoms with Crippen molar-refractivity contribution >= 4 is 17.0 Å². The van der Waals surface area contributed by atoms with Gasteiger partial charge in [0, 0.05) is 22.8 Å². The number of aryl methyl sites for hydroxylation is 1. The highest BCUT2D eigenvalue weighted by Gasteiger charge is 2.03. The molecule has 0 atom stereocenters. The summed E-state index contributed by atoms with van der Waals surface area (Å²) in [5, 5.41) is 14.0. The molecule has 0 aliphatic heterocycles. The smallest absolute Gasteiger partial charge is 0.160 e. The molecule has 1 aromatic heterocycles. The fourth-order valence-corrected chi connectivity index (χ4v) is 2.38. The summed E-state index contributed by atoms with van der Waals surface area (Å²) >= 11 is 1.70. The molecule has 0 unspecified atom stereocenters. The van der Waals surface area contributed by atoms with Crippen LogP contribution in [0.4, 0.5) is 5.69 Å². The maximum absolute atomic E-state index is 9.66. The van der Waals surface area contributed by atoms with Crippen LogP contribution in [0.5, 0.6) is 11.5 Å². The van der Waals surface area contributed by atoms with E-state index in [0.29, 0.717) is 12.3 Å². The van der Waals surface area contributed by atoms with Crippen LogP contribution in [0.15, 0.2) is 24.4 Å². The standard InChI is InChI=1S/C13H16N2O2S/c1-3-13-15-8-10(18-13)7-14-9-4-5-12(17-2)11(16)6-9/h4-6,8,14,16H,3,7H2,1-2H3. The highest BCUT2D eigenvalue weighted by molar-refractivity contribution is 7.11. The summed E-state index contributed by atoms with van der Waals surface area (Å²) in [6.07, 6.45) is 2.86. The molecule has 2 N–H and O–H groups in total. The molecule has 1 aromatic carbocycles. The van der Waals surface area contributed by atoms with Gasteiger partial charge in [0.2, 0.25) is 0 Å². The number of aromatic nitrogens is 1. The Morgan fingerprint density at radius 2 is 2.28 bits per heavy atom. The summed E-state index contributed by atoms with van der Waals surface area (Å²) in [5.74, 6) is 0.618. The number of hydrogen-bond donors (Lipinski definition) is 2. The van der Waals surface area contributed by atoms with Crippen molar-refractivity contribution in [2.45, 2.75) is 19.9 Å². The molecule has 0 aliphatic rings. The number of nitrogens with one attached hydrogen (secondary N) is 1. The van der Waals surface area contributed by atoms with Gasteiger partial charge in [-0.15, -0.1) is 11.3 Å². The molecule has 0 radical (unpaired) electrons. The van der Waals surface area contributed by atoms with Crippen LogP contribution in [0.2, 0.25) is 0 Å². The van der Waals surface area contributed by atoms with Gasteiger partial charge in [-0.05, 0) is 18.6 Å². The Morgan fingerprint density at radius 1 is 1.44 bits per heavy atom. The van der Waals surface area contributed by atoms with Crippen LogP contribution in [0.1, 0.15) is 16.8 Å². The molecule has 18 heavy (non-hydrogen) atoms. The number of phenols is 1. The summed E-state index contributed by atoms with van der Waals surface area (Å²) < 4.78 is 4.99. The van der Waals surface area contributed by atoms with E-state index in [1.165, 1.54) is 12.0 Å². The molecule has 0 spiro atoms. The normalized spacial score (nSPS) is 10.3. The van der Waals surface area contributed by atoms with Crippen molar-refractivity contribution in [3.63, 3.8) is 0 Å². The van der Waals surface area contributed by atoms with Crippen molar-refractivity contribution in [3.05, 3.63) is 34.3 Å². The van der Waals surface area contributed by atoms with Gasteiger partial charge < -0.3 is 15.2 Å². The zero-order valence-electron chi connectivity index (χ0n) is 10.4. The van der Waals surface area contributed by atoms with Crippen molar-refractivity contribution in [2.24, 2.45) is 0 Å². The number of rotatable bonds is 5. The van der Waals surface area contributed by atoms with Crippen LogP contribution in [-0.2, 0) is 13.0 Å². The molecule has 96 valence electrons. The van der Waals surface area contributed by atoms with E-state index in [0.717, 1.165) is 17.1 Å². The first-order valence-electron chi connectivity index (χ1n) is 5.77. The van der Waals surface area contributed by atoms with Crippen LogP contribution < -0.4 is 10.1 Å². The second kappa shape index (κ2) is 5.73. The first kappa shape index (κ1) is 12.7. The Kier molecular flexibility index (Phi) is 4.04. The third kappa shape index (κ3) is 2.92. The molecule has 0 saturated carbocycles. The first-order chi connectivity index (χ1) is 8.72. The second-order valence-corrected chi connectivity index (χ2v) is 5.01. The average molecular weight is 264 g/mol. The SMILES string of the molecule is CCc1ncc(CNc2ccc(OC)c(O)c2)s1. The lowest BCUT2D eigenvalue weighted by Gasteiger charge is -2.07. The molecular weight excluding hydrogens is 248 g/mol. The van der Waals surface area contributed by atoms with Crippen LogP contribution in [-0.4, -0.2) is 17.2 Å². The summed E-state index contributed by atoms with van der Waals surface area (Å²) in [6, 6.07) is 5.27. The highest BCUT2D eigenvalue weighted by Crippen LogP contribution is 2.28. The zero-order valence-corrected chi connectivity index (χ0v) is 11.3. The van der Waals surface area contributed by atoms with Gasteiger partial charge in [0.05, 0.1) is 18.7 Å². The summed E-state index contributed by atoms with van der Waals surface area (Å²) in [4.78, 5) is 5.48. The fraction of sp³-hybridized carbons (Fsp3) is 0.308. The highest BCUT2D eigenvalue weighted by atomic mass is 32.1. The van der Waals surface area contributed by atoms with Crippen LogP contribution in [0, 0.1) is 0 Å². The van der Waals surface area contributed by atoms with Gasteiger partial charge in [0.1, 0.15) is 0 Å². The number of anilines is 1. The minimum absolute atomic E-state index is 0.140. The second-order valence-electron chi connectivity index (χ2n) is 3.81. The van der Waals surface area contributed by atoms with Gasteiger partial charge in [-0.2, -0.15) is 0 Å². The van der Waals surface area contributed by atoms with Gasteiger partial charge in [0.15, 0.2) is 11.5 Å². The van der Waals surface area contributed by atoms with Crippen LogP contribution in [0.3, 0.4) is 0 Å². The Balaban J connectivity index is 1.99. The molecule has 4 nitrogen and oxygen atoms in total. The van der Waals surface area contributed by atoms with E-state index in [-0.39, 0.29) is 5.75 Å². The first-order valence-corrected chi connectivity index (χ1v) is 6.59. The zero-order chi connectivity index (χ0) is 13.0. The minimum Gasteiger partial charge on any atom is -0.504 e. The van der Waals surface area contributed by atoms with Gasteiger partial charge in [-0.25, -0.2) is 4.98 Å². The summed E-state index contributed by atoms with van der Waals surface area (Å²) in [6.45, 7) is 2.81. The fourth-order valence-electron chi connectivity index (χ4n) is 1.58. The van der Waals surface area contributed by atoms with Crippen molar-refractivity contribution in [3.8, 4) is 11.5 Å². The van der Waals surface area contributed by atoms with E-state index in [2.05, 4.69) is 17.2 Å². The van der Waals surface area contributed by atoms with E-state index in [4.69, 9.17) is 4.74 Å². The number of nitrogens with zero attached hydrogens (tertiary/aromatic N) is 1. The number of thiazole rings is 1. The topological polar surface area (TPSA) is 54.4 Å². The lowest BCUT2D eigenvalue weighted by molar-refractivity contribution is 0.373. The molecule has 0 amide bonds. The Hall–Kier alpha value is -1.75. The summed E-state index contributed by atoms with van der Waals surface area (Å²) in [7, 11) is 1.53. The van der Waals surface area contributed by atoms with Crippen LogP contribution >= 0.6 is 11.3 Å². The number of ether oxygens (including phenoxy) is 1. The predicted octanol–water partition coefficient (Wildman–Crippen LogP) is 3.03. The Bertz CT molecular complexity index is 525. The number of phenolic OH excluding ortho intramolecular Hbond substituents is 1. The third-order valence-corrected chi connectivity index (χ3v) is 3.69.